The lowest BCUT2D eigenvalue weighted by Crippen LogP contribution is -2.28. The van der Waals surface area contributed by atoms with E-state index in [-0.39, 0.29) is 6.03 Å². The van der Waals surface area contributed by atoms with Gasteiger partial charge in [-0.15, -0.1) is 0 Å². The zero-order valence-corrected chi connectivity index (χ0v) is 13.9. The summed E-state index contributed by atoms with van der Waals surface area (Å²) in [5.74, 6) is 1.21. The molecule has 2 rings (SSSR count). The van der Waals surface area contributed by atoms with Crippen molar-refractivity contribution in [1.82, 2.24) is 5.32 Å². The van der Waals surface area contributed by atoms with E-state index in [2.05, 4.69) is 26.6 Å². The Hall–Kier alpha value is -2.21. The SMILES string of the molecule is COc1ccc(OC)c(NC(=O)NCc2cccc(Br)c2)c1. The lowest BCUT2D eigenvalue weighted by molar-refractivity contribution is 0.251. The van der Waals surface area contributed by atoms with Crippen molar-refractivity contribution in [2.45, 2.75) is 6.54 Å². The highest BCUT2D eigenvalue weighted by Gasteiger charge is 2.08. The number of benzene rings is 2. The van der Waals surface area contributed by atoms with Crippen molar-refractivity contribution in [3.63, 3.8) is 0 Å². The Morgan fingerprint density at radius 3 is 2.64 bits per heavy atom. The monoisotopic (exact) mass is 364 g/mol. The van der Waals surface area contributed by atoms with Gasteiger partial charge in [0.05, 0.1) is 19.9 Å². The van der Waals surface area contributed by atoms with E-state index in [9.17, 15) is 4.79 Å². The van der Waals surface area contributed by atoms with Crippen molar-refractivity contribution in [3.05, 3.63) is 52.5 Å². The van der Waals surface area contributed by atoms with Crippen LogP contribution in [-0.4, -0.2) is 20.3 Å². The lowest BCUT2D eigenvalue weighted by Gasteiger charge is -2.12. The number of carbonyl (C=O) groups is 1. The first kappa shape index (κ1) is 16.2. The van der Waals surface area contributed by atoms with E-state index in [4.69, 9.17) is 9.47 Å². The zero-order chi connectivity index (χ0) is 15.9. The van der Waals surface area contributed by atoms with Crippen molar-refractivity contribution in [2.75, 3.05) is 19.5 Å². The van der Waals surface area contributed by atoms with Gasteiger partial charge in [0.25, 0.3) is 0 Å². The number of methoxy groups -OCH3 is 2. The van der Waals surface area contributed by atoms with Crippen LogP contribution in [0, 0.1) is 0 Å². The molecular weight excluding hydrogens is 348 g/mol. The van der Waals surface area contributed by atoms with Crippen LogP contribution in [0.2, 0.25) is 0 Å². The standard InChI is InChI=1S/C16H17BrN2O3/c1-21-13-6-7-15(22-2)14(9-13)19-16(20)18-10-11-4-3-5-12(17)8-11/h3-9H,10H2,1-2H3,(H2,18,19,20). The minimum atomic E-state index is -0.313. The van der Waals surface area contributed by atoms with Crippen LogP contribution in [0.3, 0.4) is 0 Å². The summed E-state index contributed by atoms with van der Waals surface area (Å²) in [6.07, 6.45) is 0. The quantitative estimate of drug-likeness (QED) is 0.848. The minimum absolute atomic E-state index is 0.313. The maximum Gasteiger partial charge on any atom is 0.319 e. The second kappa shape index (κ2) is 7.70. The summed E-state index contributed by atoms with van der Waals surface area (Å²) in [5.41, 5.74) is 1.55. The predicted octanol–water partition coefficient (Wildman–Crippen LogP) is 3.79. The fourth-order valence-electron chi connectivity index (χ4n) is 1.91. The highest BCUT2D eigenvalue weighted by molar-refractivity contribution is 9.10. The van der Waals surface area contributed by atoms with Gasteiger partial charge in [0.15, 0.2) is 0 Å². The lowest BCUT2D eigenvalue weighted by atomic mass is 10.2. The van der Waals surface area contributed by atoms with Crippen molar-refractivity contribution >= 4 is 27.6 Å². The van der Waals surface area contributed by atoms with Crippen LogP contribution < -0.4 is 20.1 Å². The van der Waals surface area contributed by atoms with Crippen LogP contribution in [0.15, 0.2) is 46.9 Å². The van der Waals surface area contributed by atoms with Gasteiger partial charge in [-0.1, -0.05) is 28.1 Å². The molecule has 0 saturated carbocycles. The molecule has 2 N–H and O–H groups in total. The number of carbonyl (C=O) groups excluding carboxylic acids is 1. The van der Waals surface area contributed by atoms with Gasteiger partial charge < -0.3 is 20.1 Å². The maximum atomic E-state index is 12.0. The molecule has 0 aliphatic carbocycles. The molecule has 2 aromatic carbocycles. The van der Waals surface area contributed by atoms with Crippen LogP contribution >= 0.6 is 15.9 Å². The van der Waals surface area contributed by atoms with Gasteiger partial charge in [-0.2, -0.15) is 0 Å². The van der Waals surface area contributed by atoms with Crippen molar-refractivity contribution < 1.29 is 14.3 Å². The molecule has 0 saturated heterocycles. The van der Waals surface area contributed by atoms with Gasteiger partial charge in [-0.05, 0) is 29.8 Å². The van der Waals surface area contributed by atoms with E-state index in [1.807, 2.05) is 24.3 Å². The Labute approximate surface area is 137 Å². The molecule has 0 fully saturated rings. The van der Waals surface area contributed by atoms with Crippen LogP contribution in [0.1, 0.15) is 5.56 Å². The second-order valence-electron chi connectivity index (χ2n) is 4.50. The first-order valence-electron chi connectivity index (χ1n) is 6.63. The molecule has 0 aromatic heterocycles. The molecule has 0 unspecified atom stereocenters. The number of amides is 2. The van der Waals surface area contributed by atoms with Crippen molar-refractivity contribution in [2.24, 2.45) is 0 Å². The number of hydrogen-bond donors (Lipinski definition) is 2. The van der Waals surface area contributed by atoms with E-state index in [1.54, 1.807) is 32.4 Å². The van der Waals surface area contributed by atoms with E-state index < -0.39 is 0 Å². The Morgan fingerprint density at radius 2 is 1.95 bits per heavy atom. The third-order valence-electron chi connectivity index (χ3n) is 3.00. The Balaban J connectivity index is 1.99. The Bertz CT molecular complexity index is 662. The van der Waals surface area contributed by atoms with E-state index in [0.717, 1.165) is 10.0 Å². The average molecular weight is 365 g/mol. The molecule has 0 atom stereocenters. The van der Waals surface area contributed by atoms with Gasteiger partial charge in [0.2, 0.25) is 0 Å². The average Bonchev–Trinajstić information content (AvgIpc) is 2.53. The molecule has 0 bridgehead atoms. The third kappa shape index (κ3) is 4.39. The number of hydrogen-bond acceptors (Lipinski definition) is 3. The molecular formula is C16H17BrN2O3. The largest absolute Gasteiger partial charge is 0.497 e. The summed E-state index contributed by atoms with van der Waals surface area (Å²) < 4.78 is 11.3. The number of urea groups is 1. The summed E-state index contributed by atoms with van der Waals surface area (Å²) in [7, 11) is 3.12. The summed E-state index contributed by atoms with van der Waals surface area (Å²) in [6, 6.07) is 12.6. The highest BCUT2D eigenvalue weighted by atomic mass is 79.9. The van der Waals surface area contributed by atoms with Crippen LogP contribution in [-0.2, 0) is 6.54 Å². The summed E-state index contributed by atoms with van der Waals surface area (Å²) >= 11 is 3.40. The Morgan fingerprint density at radius 1 is 1.14 bits per heavy atom. The smallest absolute Gasteiger partial charge is 0.319 e. The van der Waals surface area contributed by atoms with Crippen molar-refractivity contribution in [1.29, 1.82) is 0 Å². The van der Waals surface area contributed by atoms with Gasteiger partial charge in [-0.25, -0.2) is 4.79 Å². The van der Waals surface area contributed by atoms with Gasteiger partial charge in [0, 0.05) is 17.1 Å². The minimum Gasteiger partial charge on any atom is -0.497 e. The summed E-state index contributed by atoms with van der Waals surface area (Å²) in [5, 5.41) is 5.55. The molecule has 0 radical (unpaired) electrons. The fraction of sp³-hybridized carbons (Fsp3) is 0.188. The topological polar surface area (TPSA) is 59.6 Å². The molecule has 0 spiro atoms. The number of halogens is 1. The molecule has 2 amide bonds. The molecule has 5 nitrogen and oxygen atoms in total. The molecule has 6 heteroatoms. The van der Waals surface area contributed by atoms with Gasteiger partial charge in [-0.3, -0.25) is 0 Å². The van der Waals surface area contributed by atoms with Gasteiger partial charge in [0.1, 0.15) is 11.5 Å². The second-order valence-corrected chi connectivity index (χ2v) is 5.42. The maximum absolute atomic E-state index is 12.0. The van der Waals surface area contributed by atoms with E-state index >= 15 is 0 Å². The number of anilines is 1. The molecule has 22 heavy (non-hydrogen) atoms. The van der Waals surface area contributed by atoms with Crippen LogP contribution in [0.25, 0.3) is 0 Å². The molecule has 0 aliphatic rings. The number of nitrogens with one attached hydrogen (secondary N) is 2. The summed E-state index contributed by atoms with van der Waals surface area (Å²) in [6.45, 7) is 0.428. The van der Waals surface area contributed by atoms with Crippen molar-refractivity contribution in [3.8, 4) is 11.5 Å². The normalized spacial score (nSPS) is 9.95. The molecule has 116 valence electrons. The molecule has 0 aliphatic heterocycles. The predicted molar refractivity (Wildman–Crippen MR) is 89.5 cm³/mol. The van der Waals surface area contributed by atoms with Crippen LogP contribution in [0.4, 0.5) is 10.5 Å². The highest BCUT2D eigenvalue weighted by Crippen LogP contribution is 2.28. The number of ether oxygens (including phenoxy) is 2. The summed E-state index contributed by atoms with van der Waals surface area (Å²) in [4.78, 5) is 12.0. The van der Waals surface area contributed by atoms with Gasteiger partial charge >= 0.3 is 6.03 Å². The Kier molecular flexibility index (Phi) is 5.66. The molecule has 2 aromatic rings. The first-order chi connectivity index (χ1) is 10.6. The van der Waals surface area contributed by atoms with Crippen LogP contribution in [0.5, 0.6) is 11.5 Å². The van der Waals surface area contributed by atoms with E-state index in [0.29, 0.717) is 23.7 Å². The fourth-order valence-corrected chi connectivity index (χ4v) is 2.35. The van der Waals surface area contributed by atoms with E-state index in [1.165, 1.54) is 0 Å². The third-order valence-corrected chi connectivity index (χ3v) is 3.49. The zero-order valence-electron chi connectivity index (χ0n) is 12.4. The first-order valence-corrected chi connectivity index (χ1v) is 7.43. The molecule has 0 heterocycles. The number of rotatable bonds is 5.